The second-order valence-electron chi connectivity index (χ2n) is 37.0. The van der Waals surface area contributed by atoms with Gasteiger partial charge in [-0.25, -0.2) is 43.5 Å². The van der Waals surface area contributed by atoms with Gasteiger partial charge in [-0.3, -0.25) is 65.6 Å². The van der Waals surface area contributed by atoms with Crippen molar-refractivity contribution in [1.82, 2.24) is 131 Å². The van der Waals surface area contributed by atoms with Gasteiger partial charge in [0, 0.05) is 168 Å². The molecule has 0 bridgehead atoms. The Bertz CT molecular complexity index is 8410. The van der Waals surface area contributed by atoms with Gasteiger partial charge < -0.3 is 40.4 Å². The van der Waals surface area contributed by atoms with E-state index in [2.05, 4.69) is 149 Å². The van der Waals surface area contributed by atoms with E-state index in [0.29, 0.717) is 97.8 Å². The van der Waals surface area contributed by atoms with E-state index in [1.54, 1.807) is 95.8 Å². The highest BCUT2D eigenvalue weighted by Gasteiger charge is 2.26. The molecule has 23 heterocycles. The number of hydrogen-bond donors (Lipinski definition) is 3. The van der Waals surface area contributed by atoms with Crippen LogP contribution >= 0.6 is 11.3 Å². The first-order valence-corrected chi connectivity index (χ1v) is 48.1. The van der Waals surface area contributed by atoms with Gasteiger partial charge in [0.15, 0.2) is 0 Å². The second-order valence-corrected chi connectivity index (χ2v) is 38.3. The van der Waals surface area contributed by atoms with E-state index in [4.69, 9.17) is 9.97 Å². The molecule has 4 fully saturated rings. The molecule has 0 spiro atoms. The topological polar surface area (TPSA) is 345 Å². The van der Waals surface area contributed by atoms with Gasteiger partial charge in [0.25, 0.3) is 27.8 Å². The molecule has 5 aliphatic heterocycles. The Morgan fingerprint density at radius 2 is 0.836 bits per heavy atom. The highest BCUT2D eigenvalue weighted by molar-refractivity contribution is 7.18. The molecule has 0 unspecified atom stereocenters. The van der Waals surface area contributed by atoms with Crippen LogP contribution in [0.2, 0.25) is 0 Å². The molecule has 3 atom stereocenters. The Kier molecular flexibility index (Phi) is 24.9. The summed E-state index contributed by atoms with van der Waals surface area (Å²) < 4.78 is 16.4. The highest BCUT2D eigenvalue weighted by atomic mass is 32.1. The van der Waals surface area contributed by atoms with Crippen LogP contribution in [0.3, 0.4) is 0 Å². The van der Waals surface area contributed by atoms with Gasteiger partial charge in [0.2, 0.25) is 0 Å². The van der Waals surface area contributed by atoms with Crippen LogP contribution in [0.4, 0.5) is 17.1 Å². The van der Waals surface area contributed by atoms with Crippen LogP contribution in [-0.4, -0.2) is 233 Å². The Morgan fingerprint density at radius 3 is 1.36 bits per heavy atom. The maximum absolute atomic E-state index is 12.9. The first kappa shape index (κ1) is 90.8. The molecule has 35 nitrogen and oxygen atoms in total. The lowest BCUT2D eigenvalue weighted by atomic mass is 9.91. The molecule has 25 rings (SSSR count). The molecule has 4 saturated heterocycles. The van der Waals surface area contributed by atoms with Crippen molar-refractivity contribution in [3.05, 3.63) is 311 Å². The third-order valence-corrected chi connectivity index (χ3v) is 27.4. The quantitative estimate of drug-likeness (QED) is 0.114. The Hall–Kier alpha value is -15.6. The number of rotatable bonds is 10. The largest absolute Gasteiger partial charge is 0.368 e. The van der Waals surface area contributed by atoms with Crippen molar-refractivity contribution in [2.75, 3.05) is 114 Å². The predicted molar refractivity (Wildman–Crippen MR) is 549 cm³/mol. The van der Waals surface area contributed by atoms with Crippen LogP contribution in [0.15, 0.2) is 250 Å². The van der Waals surface area contributed by atoms with Crippen LogP contribution in [-0.2, 0) is 7.05 Å². The number of piperidine rings is 1. The number of likely N-dealkylation sites (tertiary alicyclic amines) is 1. The number of fused-ring (bicyclic) bond motifs is 10. The van der Waals surface area contributed by atoms with Crippen LogP contribution in [0, 0.1) is 27.7 Å². The molecular weight excluding hydrogens is 1780 g/mol. The number of aromatic nitrogens is 22. The van der Waals surface area contributed by atoms with E-state index < -0.39 is 0 Å². The van der Waals surface area contributed by atoms with E-state index in [0.717, 1.165) is 198 Å². The number of nitrogens with zero attached hydrogens (tertiary/aromatic N) is 27. The summed E-state index contributed by atoms with van der Waals surface area (Å²) in [6, 6.07) is 46.7. The molecule has 3 N–H and O–H groups in total. The summed E-state index contributed by atoms with van der Waals surface area (Å²) in [5, 5.41) is 30.3. The summed E-state index contributed by atoms with van der Waals surface area (Å²) in [7, 11) is 6.21. The first-order valence-electron chi connectivity index (χ1n) is 47.3. The van der Waals surface area contributed by atoms with Gasteiger partial charge in [-0.15, -0.1) is 11.3 Å². The van der Waals surface area contributed by atoms with Gasteiger partial charge in [-0.2, -0.15) is 20.4 Å². The van der Waals surface area contributed by atoms with E-state index in [1.165, 1.54) is 11.1 Å². The molecular formula is C104H106N30O5S. The molecule has 140 heavy (non-hydrogen) atoms. The fraction of sp³-hybridized carbons (Fsp3) is 0.288. The number of pyridine rings is 5. The smallest absolute Gasteiger partial charge is 0.258 e. The summed E-state index contributed by atoms with van der Waals surface area (Å²) in [4.78, 5) is 116. The lowest BCUT2D eigenvalue weighted by Crippen LogP contribution is -2.54. The number of nitrogens with one attached hydrogen (secondary N) is 3. The number of aryl methyl sites for hydroxylation is 5. The molecule has 0 saturated carbocycles. The lowest BCUT2D eigenvalue weighted by molar-refractivity contribution is 0.255. The normalized spacial score (nSPS) is 16.8. The Morgan fingerprint density at radius 1 is 0.386 bits per heavy atom. The fourth-order valence-electron chi connectivity index (χ4n) is 19.0. The summed E-state index contributed by atoms with van der Waals surface area (Å²) in [5.41, 5.74) is 23.7. The van der Waals surface area contributed by atoms with Gasteiger partial charge >= 0.3 is 0 Å². The number of anilines is 3. The minimum atomic E-state index is -0.116. The van der Waals surface area contributed by atoms with Gasteiger partial charge in [0.05, 0.1) is 143 Å². The fourth-order valence-corrected chi connectivity index (χ4v) is 19.9. The maximum Gasteiger partial charge on any atom is 0.258 e. The SMILES string of the molecule is Cc1cn2nc(-c3cc(=O)n4cc(N5CCN(C)CC5)ccc4n3)cc2cn1.Cc1cn2nc(-c3cc(=O)n4cc(N5CCN[C@@H](C)C5)ccc4n3)cc2cn1.Cc1cn2nc(-c3cc(=O)n4cc(N5C[C@@H](C)N[C@@H](C)C5)ccc4n3)cc2cn1.Cc1nc2ccc(-c3cc(=O)n4cc(C5CCN(C)CC5)ccc4n3)cc2s1.Cn1ncc2cc(-c3cc(=O)n4cc(C5=CCNCC5)ccc4n3)ccc21. The van der Waals surface area contributed by atoms with Crippen molar-refractivity contribution in [3.8, 4) is 56.7 Å². The van der Waals surface area contributed by atoms with Crippen LogP contribution in [0.1, 0.15) is 79.2 Å². The van der Waals surface area contributed by atoms with Crippen LogP contribution in [0.5, 0.6) is 0 Å². The Balaban J connectivity index is 0.000000104. The second kappa shape index (κ2) is 38.4. The van der Waals surface area contributed by atoms with E-state index in [-0.39, 0.29) is 27.8 Å². The molecule has 36 heteroatoms. The molecule has 2 aromatic carbocycles. The minimum Gasteiger partial charge on any atom is -0.368 e. The van der Waals surface area contributed by atoms with Gasteiger partial charge in [-0.1, -0.05) is 24.3 Å². The minimum absolute atomic E-state index is 0.0321. The zero-order chi connectivity index (χ0) is 96.3. The number of likely N-dealkylation sites (N-methyl/N-ethyl adjacent to an activating group) is 1. The zero-order valence-corrected chi connectivity index (χ0v) is 80.3. The molecule has 5 aliphatic rings. The van der Waals surface area contributed by atoms with E-state index >= 15 is 0 Å². The van der Waals surface area contributed by atoms with Gasteiger partial charge in [0.1, 0.15) is 45.3 Å². The third-order valence-electron chi connectivity index (χ3n) is 26.5. The van der Waals surface area contributed by atoms with E-state index in [1.807, 2.05) is 198 Å². The maximum atomic E-state index is 12.9. The standard InChI is InChI=1S/C22H22N4OS.C21H23N7O.C21H19N5O.2C20H21N7O/c1-14-23-18-5-3-16(11-20(18)28-14)19-12-22(27)26-13-17(4-6-21(26)24-19)15-7-9-25(2)10-8-15;1-13-11-28-17(8-22-13)6-19(25-28)18-7-21(29)27-12-16(4-5-20(27)24-18)26-9-14(2)23-15(3)10-26;1-25-19-4-2-15(10-17(19)12-23-25)18-11-21(27)26-13-16(3-5-20(26)24-18)14-6-8-22-9-7-14;1-14-12-27-16(11-21-14)9-18(23-27)17-10-20(28)26-13-15(3-4-19(26)22-17)25-7-5-24(2)6-8-25;1-13-10-25(6-5-21-13)15-3-4-19-23-17(8-20(28)26(19)12-15)18-7-16-9-22-14(2)11-27(16)24-18/h3-6,11-13,15H,7-10H2,1-2H3;4-8,11-12,14-15,23H,9-10H2,1-3H3;2-6,10-13,22H,7-9H2,1H3;3-4,9-13H,5-8H2,1-2H3;3-4,7-9,11-13,21H,5-6,10H2,1-2H3/t;14-,15+;;;13-/m....0/s1. The summed E-state index contributed by atoms with van der Waals surface area (Å²) in [6.45, 7) is 26.9. The average molecular weight is 1890 g/mol. The number of benzene rings is 2. The molecule has 0 amide bonds. The number of piperazine rings is 3. The molecule has 0 radical (unpaired) electrons. The van der Waals surface area contributed by atoms with Crippen LogP contribution < -0.4 is 58.4 Å². The average Bonchev–Trinajstić information content (AvgIpc) is 1.54. The molecule has 708 valence electrons. The summed E-state index contributed by atoms with van der Waals surface area (Å²) in [6.07, 6.45) is 27.6. The first-order chi connectivity index (χ1) is 67.8. The van der Waals surface area contributed by atoms with Crippen molar-refractivity contribution < 1.29 is 0 Å². The molecule has 20 aromatic rings. The molecule has 0 aliphatic carbocycles. The number of thiazole rings is 1. The molecule has 18 aromatic heterocycles. The van der Waals surface area contributed by atoms with Crippen molar-refractivity contribution in [2.24, 2.45) is 7.05 Å². The highest BCUT2D eigenvalue weighted by Crippen LogP contribution is 2.33. The monoisotopic (exact) mass is 1890 g/mol. The Labute approximate surface area is 806 Å². The zero-order valence-electron chi connectivity index (χ0n) is 79.5. The predicted octanol–water partition coefficient (Wildman–Crippen LogP) is 11.6. The van der Waals surface area contributed by atoms with Crippen LogP contribution in [0.25, 0.3) is 128 Å². The van der Waals surface area contributed by atoms with Crippen molar-refractivity contribution in [2.45, 2.75) is 91.8 Å². The lowest BCUT2D eigenvalue weighted by Gasteiger charge is -2.37. The number of hydrogen-bond acceptors (Lipinski definition) is 27. The van der Waals surface area contributed by atoms with Crippen molar-refractivity contribution >= 4 is 99.9 Å². The van der Waals surface area contributed by atoms with Crippen molar-refractivity contribution in [1.29, 1.82) is 0 Å². The summed E-state index contributed by atoms with van der Waals surface area (Å²) >= 11 is 1.66. The third kappa shape index (κ3) is 19.3. The van der Waals surface area contributed by atoms with Crippen molar-refractivity contribution in [3.63, 3.8) is 0 Å². The summed E-state index contributed by atoms with van der Waals surface area (Å²) in [5.74, 6) is 0.518. The van der Waals surface area contributed by atoms with E-state index in [9.17, 15) is 24.0 Å². The van der Waals surface area contributed by atoms with Gasteiger partial charge in [-0.05, 0) is 221 Å².